The first kappa shape index (κ1) is 21.5. The Bertz CT molecular complexity index is 1060. The van der Waals surface area contributed by atoms with Gasteiger partial charge in [0.2, 0.25) is 0 Å². The van der Waals surface area contributed by atoms with Crippen LogP contribution in [0.4, 0.5) is 15.8 Å². The van der Waals surface area contributed by atoms with Crippen molar-refractivity contribution in [2.45, 2.75) is 6.04 Å². The number of nitro benzene ring substituents is 1. The Labute approximate surface area is 184 Å². The summed E-state index contributed by atoms with van der Waals surface area (Å²) in [6, 6.07) is 15.7. The van der Waals surface area contributed by atoms with E-state index in [9.17, 15) is 19.3 Å². The van der Waals surface area contributed by atoms with Crippen LogP contribution >= 0.6 is 0 Å². The number of nitrogens with one attached hydrogen (secondary N) is 1. The van der Waals surface area contributed by atoms with E-state index >= 15 is 0 Å². The molecule has 1 saturated heterocycles. The highest BCUT2D eigenvalue weighted by molar-refractivity contribution is 5.94. The number of carbonyl (C=O) groups is 1. The van der Waals surface area contributed by atoms with Crippen LogP contribution in [0.3, 0.4) is 0 Å². The summed E-state index contributed by atoms with van der Waals surface area (Å²) in [5, 5.41) is 13.7. The topological polar surface area (TPSA) is 91.9 Å². The van der Waals surface area contributed by atoms with Gasteiger partial charge >= 0.3 is 0 Å². The summed E-state index contributed by atoms with van der Waals surface area (Å²) in [5.74, 6) is 0.175. The molecule has 0 spiro atoms. The summed E-state index contributed by atoms with van der Waals surface area (Å²) in [6.45, 7) is 2.95. The molecule has 2 aromatic carbocycles. The minimum absolute atomic E-state index is 0.0669. The van der Waals surface area contributed by atoms with Gasteiger partial charge in [0, 0.05) is 50.4 Å². The van der Waals surface area contributed by atoms with Gasteiger partial charge in [0.15, 0.2) is 0 Å². The second-order valence-corrected chi connectivity index (χ2v) is 7.52. The van der Waals surface area contributed by atoms with Crippen LogP contribution in [0.15, 0.2) is 71.3 Å². The molecule has 1 aliphatic heterocycles. The number of nitro groups is 1. The monoisotopic (exact) mass is 438 g/mol. The SMILES string of the molecule is O=C(NC[C@H](c1ccco1)N1CCN(c2ccccc2F)CC1)c1ccc([N+](=O)[O-])cc1. The standard InChI is InChI=1S/C23H23FN4O4/c24-19-4-1-2-5-20(19)26-11-13-27(14-12-26)21(22-6-3-15-32-22)16-25-23(29)17-7-9-18(10-8-17)28(30)31/h1-10,15,21H,11-14,16H2,(H,25,29)/t21-/m1/s1. The zero-order valence-corrected chi connectivity index (χ0v) is 17.3. The maximum atomic E-state index is 14.1. The molecule has 3 aromatic rings. The van der Waals surface area contributed by atoms with E-state index in [1.54, 1.807) is 24.5 Å². The molecule has 166 valence electrons. The third kappa shape index (κ3) is 4.78. The summed E-state index contributed by atoms with van der Waals surface area (Å²) in [5.41, 5.74) is 0.870. The van der Waals surface area contributed by atoms with Gasteiger partial charge in [-0.1, -0.05) is 12.1 Å². The van der Waals surface area contributed by atoms with Crippen LogP contribution in [0.2, 0.25) is 0 Å². The van der Waals surface area contributed by atoms with Crippen LogP contribution in [0, 0.1) is 15.9 Å². The van der Waals surface area contributed by atoms with Gasteiger partial charge in [0.05, 0.1) is 22.9 Å². The van der Waals surface area contributed by atoms with Crippen molar-refractivity contribution in [2.75, 3.05) is 37.6 Å². The highest BCUT2D eigenvalue weighted by Crippen LogP contribution is 2.26. The van der Waals surface area contributed by atoms with E-state index in [0.29, 0.717) is 44.0 Å². The van der Waals surface area contributed by atoms with E-state index in [-0.39, 0.29) is 23.5 Å². The normalized spacial score (nSPS) is 15.3. The van der Waals surface area contributed by atoms with Crippen molar-refractivity contribution in [3.05, 3.63) is 94.2 Å². The Morgan fingerprint density at radius 2 is 1.78 bits per heavy atom. The number of furan rings is 1. The smallest absolute Gasteiger partial charge is 0.269 e. The van der Waals surface area contributed by atoms with E-state index < -0.39 is 4.92 Å². The Morgan fingerprint density at radius 3 is 2.41 bits per heavy atom. The molecule has 1 aliphatic rings. The lowest BCUT2D eigenvalue weighted by atomic mass is 10.1. The van der Waals surface area contributed by atoms with E-state index in [1.807, 2.05) is 17.0 Å². The minimum Gasteiger partial charge on any atom is -0.468 e. The molecule has 0 aliphatic carbocycles. The van der Waals surface area contributed by atoms with Crippen LogP contribution in [-0.4, -0.2) is 48.5 Å². The molecule has 0 saturated carbocycles. The highest BCUT2D eigenvalue weighted by atomic mass is 19.1. The molecule has 0 bridgehead atoms. The molecule has 1 atom stereocenters. The molecule has 2 heterocycles. The molecule has 4 rings (SSSR count). The van der Waals surface area contributed by atoms with E-state index in [0.717, 1.165) is 5.76 Å². The van der Waals surface area contributed by atoms with Crippen molar-refractivity contribution in [2.24, 2.45) is 0 Å². The lowest BCUT2D eigenvalue weighted by Gasteiger charge is -2.39. The van der Waals surface area contributed by atoms with Crippen molar-refractivity contribution in [3.63, 3.8) is 0 Å². The second-order valence-electron chi connectivity index (χ2n) is 7.52. The molecular formula is C23H23FN4O4. The molecule has 8 nitrogen and oxygen atoms in total. The third-order valence-corrected chi connectivity index (χ3v) is 5.62. The van der Waals surface area contributed by atoms with Gasteiger partial charge in [0.25, 0.3) is 11.6 Å². The highest BCUT2D eigenvalue weighted by Gasteiger charge is 2.28. The van der Waals surface area contributed by atoms with Crippen LogP contribution < -0.4 is 10.2 Å². The third-order valence-electron chi connectivity index (χ3n) is 5.62. The fourth-order valence-corrected chi connectivity index (χ4v) is 3.90. The number of hydrogen-bond acceptors (Lipinski definition) is 6. The van der Waals surface area contributed by atoms with E-state index in [4.69, 9.17) is 4.42 Å². The predicted octanol–water partition coefficient (Wildman–Crippen LogP) is 3.62. The first-order valence-electron chi connectivity index (χ1n) is 10.3. The minimum atomic E-state index is -0.504. The van der Waals surface area contributed by atoms with Gasteiger partial charge in [0.1, 0.15) is 11.6 Å². The quantitative estimate of drug-likeness (QED) is 0.448. The molecule has 0 unspecified atom stereocenters. The van der Waals surface area contributed by atoms with Crippen molar-refractivity contribution < 1.29 is 18.5 Å². The zero-order chi connectivity index (χ0) is 22.5. The summed E-state index contributed by atoms with van der Waals surface area (Å²) in [6.07, 6.45) is 1.59. The van der Waals surface area contributed by atoms with Gasteiger partial charge in [-0.05, 0) is 36.4 Å². The Hall–Kier alpha value is -3.72. The van der Waals surface area contributed by atoms with Crippen LogP contribution in [0.1, 0.15) is 22.2 Å². The fourth-order valence-electron chi connectivity index (χ4n) is 3.90. The lowest BCUT2D eigenvalue weighted by Crippen LogP contribution is -2.50. The van der Waals surface area contributed by atoms with Gasteiger partial charge in [-0.3, -0.25) is 19.8 Å². The number of para-hydroxylation sites is 1. The van der Waals surface area contributed by atoms with Gasteiger partial charge in [-0.15, -0.1) is 0 Å². The maximum Gasteiger partial charge on any atom is 0.269 e. The first-order chi connectivity index (χ1) is 15.5. The predicted molar refractivity (Wildman–Crippen MR) is 117 cm³/mol. The van der Waals surface area contributed by atoms with E-state index in [2.05, 4.69) is 10.2 Å². The summed E-state index contributed by atoms with van der Waals surface area (Å²) in [7, 11) is 0. The number of hydrogen-bond donors (Lipinski definition) is 1. The number of amides is 1. The van der Waals surface area contributed by atoms with Crippen LogP contribution in [-0.2, 0) is 0 Å². The Balaban J connectivity index is 1.41. The van der Waals surface area contributed by atoms with Gasteiger partial charge in [-0.25, -0.2) is 4.39 Å². The van der Waals surface area contributed by atoms with E-state index in [1.165, 1.54) is 30.3 Å². The molecule has 1 N–H and O–H groups in total. The molecule has 1 aromatic heterocycles. The molecule has 32 heavy (non-hydrogen) atoms. The number of rotatable bonds is 7. The van der Waals surface area contributed by atoms with Gasteiger partial charge < -0.3 is 14.6 Å². The second kappa shape index (κ2) is 9.61. The summed E-state index contributed by atoms with van der Waals surface area (Å²) in [4.78, 5) is 27.1. The number of carbonyl (C=O) groups excluding carboxylic acids is 1. The van der Waals surface area contributed by atoms with Crippen molar-refractivity contribution >= 4 is 17.3 Å². The summed E-state index contributed by atoms with van der Waals surface area (Å²) < 4.78 is 19.8. The lowest BCUT2D eigenvalue weighted by molar-refractivity contribution is -0.384. The fraction of sp³-hybridized carbons (Fsp3) is 0.261. The van der Waals surface area contributed by atoms with Crippen LogP contribution in [0.5, 0.6) is 0 Å². The largest absolute Gasteiger partial charge is 0.468 e. The van der Waals surface area contributed by atoms with Crippen molar-refractivity contribution in [1.29, 1.82) is 0 Å². The van der Waals surface area contributed by atoms with Crippen molar-refractivity contribution in [3.8, 4) is 0 Å². The summed E-state index contributed by atoms with van der Waals surface area (Å²) >= 11 is 0. The van der Waals surface area contributed by atoms with Crippen LogP contribution in [0.25, 0.3) is 0 Å². The number of piperazine rings is 1. The molecule has 1 amide bonds. The Kier molecular flexibility index (Phi) is 6.46. The number of benzene rings is 2. The first-order valence-corrected chi connectivity index (χ1v) is 10.3. The molecular weight excluding hydrogens is 415 g/mol. The molecule has 0 radical (unpaired) electrons. The van der Waals surface area contributed by atoms with Gasteiger partial charge in [-0.2, -0.15) is 0 Å². The number of non-ortho nitro benzene ring substituents is 1. The average molecular weight is 438 g/mol. The van der Waals surface area contributed by atoms with Crippen molar-refractivity contribution in [1.82, 2.24) is 10.2 Å². The number of nitrogens with zero attached hydrogens (tertiary/aromatic N) is 3. The average Bonchev–Trinajstić information content (AvgIpc) is 3.34. The molecule has 9 heteroatoms. The Morgan fingerprint density at radius 1 is 1.06 bits per heavy atom. The number of halogens is 1. The maximum absolute atomic E-state index is 14.1. The molecule has 1 fully saturated rings. The zero-order valence-electron chi connectivity index (χ0n) is 17.3. The number of anilines is 1.